The molecule has 36 heavy (non-hydrogen) atoms. The number of benzene rings is 3. The Kier molecular flexibility index (Phi) is 8.76. The zero-order valence-electron chi connectivity index (χ0n) is 20.9. The maximum atomic E-state index is 12.7. The number of esters is 1. The van der Waals surface area contributed by atoms with Crippen molar-refractivity contribution in [1.82, 2.24) is 15.0 Å². The number of hydrogen-bond acceptors (Lipinski definition) is 6. The highest BCUT2D eigenvalue weighted by molar-refractivity contribution is 5.91. The highest BCUT2D eigenvalue weighted by Crippen LogP contribution is 2.23. The van der Waals surface area contributed by atoms with E-state index in [2.05, 4.69) is 34.1 Å². The van der Waals surface area contributed by atoms with Gasteiger partial charge in [-0.25, -0.2) is 9.78 Å². The van der Waals surface area contributed by atoms with E-state index in [1.807, 2.05) is 66.7 Å². The Hall–Kier alpha value is -4.06. The van der Waals surface area contributed by atoms with Crippen LogP contribution in [0.25, 0.3) is 11.1 Å². The Morgan fingerprint density at radius 2 is 1.31 bits per heavy atom. The summed E-state index contributed by atoms with van der Waals surface area (Å²) in [6.07, 6.45) is 5.94. The van der Waals surface area contributed by atoms with E-state index in [0.717, 1.165) is 67.0 Å². The molecule has 0 atom stereocenters. The molecule has 4 aromatic rings. The second-order valence-corrected chi connectivity index (χ2v) is 8.68. The summed E-state index contributed by atoms with van der Waals surface area (Å²) in [5.41, 5.74) is 3.45. The highest BCUT2D eigenvalue weighted by Gasteiger charge is 2.11. The molecule has 1 heterocycles. The Balaban J connectivity index is 1.40. The number of nitrogens with one attached hydrogen (secondary N) is 1. The van der Waals surface area contributed by atoms with Crippen LogP contribution in [0.2, 0.25) is 0 Å². The van der Waals surface area contributed by atoms with E-state index in [1.165, 1.54) is 0 Å². The van der Waals surface area contributed by atoms with Crippen LogP contribution < -0.4 is 10.1 Å². The molecule has 0 fully saturated rings. The fourth-order valence-corrected chi connectivity index (χ4v) is 3.75. The summed E-state index contributed by atoms with van der Waals surface area (Å²) in [6, 6.07) is 24.7. The SMILES string of the molecule is CCCCc1nc(CCCC)nc(Nc2ccc(C(=O)Oc3ccc(-c4ccccc4)cc3)cc2)n1. The molecule has 4 rings (SSSR count). The van der Waals surface area contributed by atoms with Crippen molar-refractivity contribution in [3.63, 3.8) is 0 Å². The lowest BCUT2D eigenvalue weighted by molar-refractivity contribution is 0.0735. The van der Waals surface area contributed by atoms with Crippen molar-refractivity contribution in [2.75, 3.05) is 5.32 Å². The predicted octanol–water partition coefficient (Wildman–Crippen LogP) is 7.19. The number of anilines is 2. The highest BCUT2D eigenvalue weighted by atomic mass is 16.5. The molecule has 6 nitrogen and oxygen atoms in total. The van der Waals surface area contributed by atoms with Gasteiger partial charge >= 0.3 is 5.97 Å². The number of carbonyl (C=O) groups excluding carboxylic acids is 1. The largest absolute Gasteiger partial charge is 0.423 e. The van der Waals surface area contributed by atoms with Crippen molar-refractivity contribution >= 4 is 17.6 Å². The van der Waals surface area contributed by atoms with Gasteiger partial charge in [0, 0.05) is 18.5 Å². The maximum absolute atomic E-state index is 12.7. The molecule has 6 heteroatoms. The second-order valence-electron chi connectivity index (χ2n) is 8.68. The zero-order chi connectivity index (χ0) is 25.2. The Morgan fingerprint density at radius 1 is 0.722 bits per heavy atom. The molecule has 0 saturated carbocycles. The van der Waals surface area contributed by atoms with Gasteiger partial charge in [0.1, 0.15) is 17.4 Å². The second kappa shape index (κ2) is 12.6. The molecule has 0 aliphatic heterocycles. The molecule has 0 saturated heterocycles. The topological polar surface area (TPSA) is 77.0 Å². The Bertz CT molecular complexity index is 1230. The first-order valence-electron chi connectivity index (χ1n) is 12.6. The Morgan fingerprint density at radius 3 is 1.89 bits per heavy atom. The van der Waals surface area contributed by atoms with Crippen LogP contribution in [0, 0.1) is 0 Å². The number of rotatable bonds is 11. The van der Waals surface area contributed by atoms with Crippen molar-refractivity contribution in [2.24, 2.45) is 0 Å². The van der Waals surface area contributed by atoms with E-state index in [9.17, 15) is 4.79 Å². The fourth-order valence-electron chi connectivity index (χ4n) is 3.75. The van der Waals surface area contributed by atoms with Gasteiger partial charge < -0.3 is 10.1 Å². The van der Waals surface area contributed by atoms with Crippen molar-refractivity contribution in [2.45, 2.75) is 52.4 Å². The van der Waals surface area contributed by atoms with Gasteiger partial charge in [0.2, 0.25) is 5.95 Å². The number of nitrogens with zero attached hydrogens (tertiary/aromatic N) is 3. The first-order valence-corrected chi connectivity index (χ1v) is 12.6. The monoisotopic (exact) mass is 480 g/mol. The minimum atomic E-state index is -0.405. The molecule has 0 amide bonds. The van der Waals surface area contributed by atoms with Gasteiger partial charge in [0.05, 0.1) is 5.56 Å². The molecule has 3 aromatic carbocycles. The average Bonchev–Trinajstić information content (AvgIpc) is 2.92. The van der Waals surface area contributed by atoms with E-state index in [0.29, 0.717) is 17.3 Å². The number of carbonyl (C=O) groups is 1. The van der Waals surface area contributed by atoms with E-state index in [-0.39, 0.29) is 0 Å². The average molecular weight is 481 g/mol. The lowest BCUT2D eigenvalue weighted by atomic mass is 10.1. The summed E-state index contributed by atoms with van der Waals surface area (Å²) in [4.78, 5) is 26.5. The molecular formula is C30H32N4O2. The zero-order valence-corrected chi connectivity index (χ0v) is 20.9. The van der Waals surface area contributed by atoms with Crippen molar-refractivity contribution in [1.29, 1.82) is 0 Å². The van der Waals surface area contributed by atoms with Gasteiger partial charge in [-0.15, -0.1) is 0 Å². The van der Waals surface area contributed by atoms with Crippen LogP contribution in [0.5, 0.6) is 5.75 Å². The van der Waals surface area contributed by atoms with Crippen LogP contribution in [-0.2, 0) is 12.8 Å². The minimum absolute atomic E-state index is 0.405. The van der Waals surface area contributed by atoms with Gasteiger partial charge in [-0.05, 0) is 60.4 Å². The normalized spacial score (nSPS) is 10.7. The quantitative estimate of drug-likeness (QED) is 0.181. The minimum Gasteiger partial charge on any atom is -0.423 e. The lowest BCUT2D eigenvalue weighted by Gasteiger charge is -2.10. The van der Waals surface area contributed by atoms with Crippen molar-refractivity contribution in [3.05, 3.63) is 96.1 Å². The molecule has 0 spiro atoms. The summed E-state index contributed by atoms with van der Waals surface area (Å²) < 4.78 is 5.56. The Labute approximate surface area is 212 Å². The smallest absolute Gasteiger partial charge is 0.343 e. The van der Waals surface area contributed by atoms with Crippen LogP contribution in [-0.4, -0.2) is 20.9 Å². The van der Waals surface area contributed by atoms with Gasteiger partial charge in [-0.2, -0.15) is 9.97 Å². The number of ether oxygens (including phenoxy) is 1. The summed E-state index contributed by atoms with van der Waals surface area (Å²) >= 11 is 0. The summed E-state index contributed by atoms with van der Waals surface area (Å²) in [5, 5.41) is 3.26. The third-order valence-electron chi connectivity index (χ3n) is 5.78. The molecule has 0 bridgehead atoms. The van der Waals surface area contributed by atoms with E-state index in [1.54, 1.807) is 12.1 Å². The van der Waals surface area contributed by atoms with Crippen LogP contribution >= 0.6 is 0 Å². The van der Waals surface area contributed by atoms with E-state index >= 15 is 0 Å². The van der Waals surface area contributed by atoms with Crippen LogP contribution in [0.1, 0.15) is 61.5 Å². The number of aromatic nitrogens is 3. The first kappa shape index (κ1) is 25.0. The third-order valence-corrected chi connectivity index (χ3v) is 5.78. The van der Waals surface area contributed by atoms with Crippen LogP contribution in [0.15, 0.2) is 78.9 Å². The summed E-state index contributed by atoms with van der Waals surface area (Å²) in [7, 11) is 0. The molecule has 0 unspecified atom stereocenters. The van der Waals surface area contributed by atoms with Crippen LogP contribution in [0.3, 0.4) is 0 Å². The number of aryl methyl sites for hydroxylation is 2. The standard InChI is InChI=1S/C30H32N4O2/c1-3-5-12-27-32-28(13-6-4-2)34-30(33-27)31-25-18-14-24(15-19-25)29(35)36-26-20-16-23(17-21-26)22-10-8-7-9-11-22/h7-11,14-21H,3-6,12-13H2,1-2H3,(H,31,32,33,34). The fraction of sp³-hybridized carbons (Fsp3) is 0.267. The molecule has 1 aromatic heterocycles. The molecular weight excluding hydrogens is 448 g/mol. The van der Waals surface area contributed by atoms with E-state index in [4.69, 9.17) is 4.74 Å². The van der Waals surface area contributed by atoms with Gasteiger partial charge in [0.15, 0.2) is 0 Å². The van der Waals surface area contributed by atoms with Gasteiger partial charge in [0.25, 0.3) is 0 Å². The first-order chi connectivity index (χ1) is 17.6. The summed E-state index contributed by atoms with van der Waals surface area (Å²) in [6.45, 7) is 4.31. The molecule has 1 N–H and O–H groups in total. The molecule has 184 valence electrons. The molecule has 0 aliphatic carbocycles. The molecule has 0 aliphatic rings. The van der Waals surface area contributed by atoms with Crippen molar-refractivity contribution in [3.8, 4) is 16.9 Å². The van der Waals surface area contributed by atoms with E-state index < -0.39 is 5.97 Å². The maximum Gasteiger partial charge on any atom is 0.343 e. The number of hydrogen-bond donors (Lipinski definition) is 1. The van der Waals surface area contributed by atoms with Crippen molar-refractivity contribution < 1.29 is 9.53 Å². The van der Waals surface area contributed by atoms with Gasteiger partial charge in [-0.3, -0.25) is 0 Å². The lowest BCUT2D eigenvalue weighted by Crippen LogP contribution is -2.09. The number of unbranched alkanes of at least 4 members (excludes halogenated alkanes) is 2. The molecule has 0 radical (unpaired) electrons. The predicted molar refractivity (Wildman–Crippen MR) is 144 cm³/mol. The third kappa shape index (κ3) is 6.98. The van der Waals surface area contributed by atoms with Crippen LogP contribution in [0.4, 0.5) is 11.6 Å². The summed E-state index contributed by atoms with van der Waals surface area (Å²) in [5.74, 6) is 2.28. The van der Waals surface area contributed by atoms with Gasteiger partial charge in [-0.1, -0.05) is 69.2 Å².